The predicted octanol–water partition coefficient (Wildman–Crippen LogP) is 3.95. The first kappa shape index (κ1) is 23.1. The number of hydrogen-bond donors (Lipinski definition) is 1. The molecule has 2 aromatic rings. The number of nitrogens with zero attached hydrogens (tertiary/aromatic N) is 2. The van der Waals surface area contributed by atoms with Crippen LogP contribution in [0.25, 0.3) is 6.08 Å². The van der Waals surface area contributed by atoms with Gasteiger partial charge < -0.3 is 10.1 Å². The summed E-state index contributed by atoms with van der Waals surface area (Å²) < 4.78 is 5.90. The van der Waals surface area contributed by atoms with Gasteiger partial charge in [-0.1, -0.05) is 50.2 Å². The average Bonchev–Trinajstić information content (AvgIpc) is 3.04. The van der Waals surface area contributed by atoms with Crippen LogP contribution in [-0.2, 0) is 16.2 Å². The zero-order valence-corrected chi connectivity index (χ0v) is 18.6. The Bertz CT molecular complexity index is 1100. The van der Waals surface area contributed by atoms with Crippen molar-refractivity contribution < 1.29 is 19.1 Å². The monoisotopic (exact) mass is 449 g/mol. The lowest BCUT2D eigenvalue weighted by Crippen LogP contribution is -2.40. The van der Waals surface area contributed by atoms with E-state index in [0.717, 1.165) is 22.2 Å². The molecule has 0 atom stereocenters. The first-order valence-electron chi connectivity index (χ1n) is 10.1. The zero-order chi connectivity index (χ0) is 23.1. The van der Waals surface area contributed by atoms with Crippen LogP contribution in [0.3, 0.4) is 0 Å². The van der Waals surface area contributed by atoms with Crippen molar-refractivity contribution >= 4 is 34.9 Å². The zero-order valence-electron chi connectivity index (χ0n) is 17.8. The summed E-state index contributed by atoms with van der Waals surface area (Å²) in [6, 6.07) is 16.4. The minimum Gasteiger partial charge on any atom is -0.488 e. The molecule has 0 bridgehead atoms. The maximum absolute atomic E-state index is 12.7. The quantitative estimate of drug-likeness (QED) is 0.613. The van der Waals surface area contributed by atoms with E-state index < -0.39 is 11.1 Å². The highest BCUT2D eigenvalue weighted by molar-refractivity contribution is 8.18. The van der Waals surface area contributed by atoms with Gasteiger partial charge >= 0.3 is 0 Å². The van der Waals surface area contributed by atoms with E-state index in [1.165, 1.54) is 0 Å². The number of para-hydroxylation sites is 1. The summed E-state index contributed by atoms with van der Waals surface area (Å²) >= 11 is 0.792. The molecule has 32 heavy (non-hydrogen) atoms. The van der Waals surface area contributed by atoms with Crippen LogP contribution in [0.15, 0.2) is 53.4 Å². The maximum Gasteiger partial charge on any atom is 0.294 e. The third-order valence-corrected chi connectivity index (χ3v) is 5.52. The number of nitrogens with one attached hydrogen (secondary N) is 1. The molecule has 0 unspecified atom stereocenters. The summed E-state index contributed by atoms with van der Waals surface area (Å²) in [6.07, 6.45) is 1.59. The number of nitriles is 1. The molecule has 0 saturated carbocycles. The standard InChI is InChI=1S/C24H23N3O4S/c1-16(2)13-26-22(28)14-27-23(29)21(32-24(27)30)11-17-7-5-6-10-20(17)31-15-19-9-4-3-8-18(19)12-25/h3-11,16H,13-15H2,1-2H3,(H,26,28)/b21-11-. The molecule has 1 N–H and O–H groups in total. The summed E-state index contributed by atoms with van der Waals surface area (Å²) in [6.45, 7) is 4.28. The summed E-state index contributed by atoms with van der Waals surface area (Å²) in [4.78, 5) is 38.3. The molecule has 1 fully saturated rings. The molecule has 1 heterocycles. The van der Waals surface area contributed by atoms with Crippen LogP contribution >= 0.6 is 11.8 Å². The SMILES string of the molecule is CC(C)CNC(=O)CN1C(=O)S/C(=C\c2ccccc2OCc2ccccc2C#N)C1=O. The van der Waals surface area contributed by atoms with E-state index in [2.05, 4.69) is 11.4 Å². The van der Waals surface area contributed by atoms with Crippen LogP contribution in [0, 0.1) is 17.2 Å². The molecule has 164 valence electrons. The third-order valence-electron chi connectivity index (χ3n) is 4.61. The Balaban J connectivity index is 1.73. The van der Waals surface area contributed by atoms with Crippen LogP contribution in [0.5, 0.6) is 5.75 Å². The van der Waals surface area contributed by atoms with Crippen LogP contribution in [-0.4, -0.2) is 35.0 Å². The topological polar surface area (TPSA) is 99.5 Å². The van der Waals surface area contributed by atoms with Crippen molar-refractivity contribution in [2.45, 2.75) is 20.5 Å². The van der Waals surface area contributed by atoms with Crippen molar-refractivity contribution in [3.8, 4) is 11.8 Å². The number of hydrogen-bond acceptors (Lipinski definition) is 6. The number of benzene rings is 2. The van der Waals surface area contributed by atoms with Gasteiger partial charge in [0.25, 0.3) is 11.1 Å². The third kappa shape index (κ3) is 5.77. The van der Waals surface area contributed by atoms with Gasteiger partial charge in [-0.05, 0) is 35.9 Å². The van der Waals surface area contributed by atoms with Crippen molar-refractivity contribution in [1.29, 1.82) is 5.26 Å². The van der Waals surface area contributed by atoms with Gasteiger partial charge in [0.1, 0.15) is 18.9 Å². The largest absolute Gasteiger partial charge is 0.488 e. The lowest BCUT2D eigenvalue weighted by molar-refractivity contribution is -0.129. The molecule has 1 aliphatic rings. The van der Waals surface area contributed by atoms with Gasteiger partial charge in [-0.15, -0.1) is 0 Å². The van der Waals surface area contributed by atoms with Gasteiger partial charge in [-0.3, -0.25) is 19.3 Å². The van der Waals surface area contributed by atoms with E-state index in [1.54, 1.807) is 42.5 Å². The van der Waals surface area contributed by atoms with E-state index in [0.29, 0.717) is 23.4 Å². The fourth-order valence-electron chi connectivity index (χ4n) is 2.94. The average molecular weight is 450 g/mol. The van der Waals surface area contributed by atoms with Gasteiger partial charge in [0.15, 0.2) is 0 Å². The predicted molar refractivity (Wildman–Crippen MR) is 122 cm³/mol. The molecular formula is C24H23N3O4S. The van der Waals surface area contributed by atoms with Crippen molar-refractivity contribution in [2.75, 3.05) is 13.1 Å². The van der Waals surface area contributed by atoms with Crippen LogP contribution in [0.2, 0.25) is 0 Å². The number of ether oxygens (including phenoxy) is 1. The summed E-state index contributed by atoms with van der Waals surface area (Å²) in [5.41, 5.74) is 1.90. The molecule has 3 amide bonds. The van der Waals surface area contributed by atoms with Crippen LogP contribution in [0.1, 0.15) is 30.5 Å². The Hall–Kier alpha value is -3.57. The molecule has 2 aromatic carbocycles. The molecule has 0 aromatic heterocycles. The van der Waals surface area contributed by atoms with E-state index in [4.69, 9.17) is 4.74 Å². The highest BCUT2D eigenvalue weighted by Gasteiger charge is 2.36. The van der Waals surface area contributed by atoms with Gasteiger partial charge in [0, 0.05) is 17.7 Å². The Kier molecular flexibility index (Phi) is 7.68. The normalized spacial score (nSPS) is 14.7. The van der Waals surface area contributed by atoms with Gasteiger partial charge in [-0.2, -0.15) is 5.26 Å². The first-order chi connectivity index (χ1) is 15.4. The molecule has 7 nitrogen and oxygen atoms in total. The van der Waals surface area contributed by atoms with E-state index >= 15 is 0 Å². The number of amides is 3. The molecule has 0 aliphatic carbocycles. The van der Waals surface area contributed by atoms with Gasteiger partial charge in [-0.25, -0.2) is 0 Å². The first-order valence-corrected chi connectivity index (χ1v) is 10.9. The molecule has 0 radical (unpaired) electrons. The number of thioether (sulfide) groups is 1. The van der Waals surface area contributed by atoms with Crippen molar-refractivity contribution in [3.63, 3.8) is 0 Å². The smallest absolute Gasteiger partial charge is 0.294 e. The summed E-state index contributed by atoms with van der Waals surface area (Å²) in [5, 5.41) is 11.5. The Morgan fingerprint density at radius 1 is 1.19 bits per heavy atom. The van der Waals surface area contributed by atoms with E-state index in [1.807, 2.05) is 26.0 Å². The second-order valence-corrected chi connectivity index (χ2v) is 8.55. The lowest BCUT2D eigenvalue weighted by Gasteiger charge is -2.13. The molecule has 1 saturated heterocycles. The molecule has 0 spiro atoms. The number of imide groups is 1. The second-order valence-electron chi connectivity index (χ2n) is 7.56. The Morgan fingerprint density at radius 2 is 1.91 bits per heavy atom. The highest BCUT2D eigenvalue weighted by Crippen LogP contribution is 2.34. The number of carbonyl (C=O) groups is 3. The maximum atomic E-state index is 12.7. The highest BCUT2D eigenvalue weighted by atomic mass is 32.2. The summed E-state index contributed by atoms with van der Waals surface area (Å²) in [7, 11) is 0. The van der Waals surface area contributed by atoms with Gasteiger partial charge in [0.2, 0.25) is 5.91 Å². The fourth-order valence-corrected chi connectivity index (χ4v) is 3.77. The van der Waals surface area contributed by atoms with Crippen molar-refractivity contribution in [3.05, 3.63) is 70.1 Å². The van der Waals surface area contributed by atoms with Crippen LogP contribution in [0.4, 0.5) is 4.79 Å². The van der Waals surface area contributed by atoms with E-state index in [-0.39, 0.29) is 29.9 Å². The van der Waals surface area contributed by atoms with Crippen molar-refractivity contribution in [2.24, 2.45) is 5.92 Å². The number of rotatable bonds is 8. The number of carbonyl (C=O) groups excluding carboxylic acids is 3. The second kappa shape index (κ2) is 10.6. The minimum atomic E-state index is -0.510. The van der Waals surface area contributed by atoms with Crippen LogP contribution < -0.4 is 10.1 Å². The van der Waals surface area contributed by atoms with Gasteiger partial charge in [0.05, 0.1) is 16.5 Å². The van der Waals surface area contributed by atoms with E-state index in [9.17, 15) is 19.6 Å². The molecule has 8 heteroatoms. The summed E-state index contributed by atoms with van der Waals surface area (Å²) in [5.74, 6) is -0.0985. The molecule has 1 aliphatic heterocycles. The fraction of sp³-hybridized carbons (Fsp3) is 0.250. The Labute approximate surface area is 191 Å². The molecule has 3 rings (SSSR count). The minimum absolute atomic E-state index is 0.187. The lowest BCUT2D eigenvalue weighted by atomic mass is 10.1. The Morgan fingerprint density at radius 3 is 2.66 bits per heavy atom. The molecular weight excluding hydrogens is 426 g/mol. The van der Waals surface area contributed by atoms with Crippen molar-refractivity contribution in [1.82, 2.24) is 10.2 Å².